The first kappa shape index (κ1) is 15.7. The van der Waals surface area contributed by atoms with E-state index in [-0.39, 0.29) is 5.78 Å². The fraction of sp³-hybridized carbons (Fsp3) is 0.214. The molecule has 4 N–H and O–H groups in total. The molecule has 6 heteroatoms. The van der Waals surface area contributed by atoms with E-state index < -0.39 is 16.4 Å². The zero-order valence-electron chi connectivity index (χ0n) is 11.1. The Morgan fingerprint density at radius 1 is 1.25 bits per heavy atom. The molecule has 0 saturated carbocycles. The van der Waals surface area contributed by atoms with Gasteiger partial charge in [-0.15, -0.1) is 0 Å². The fourth-order valence-corrected chi connectivity index (χ4v) is 2.03. The Balaban J connectivity index is 0.000000956. The average Bonchev–Trinajstić information content (AvgIpc) is 2.50. The SMILES string of the molecule is CC1([N+](=O)[O-])C=CC=CC1C(=O)c1ccccc1.NN. The quantitative estimate of drug-likeness (QED) is 0.375. The highest BCUT2D eigenvalue weighted by molar-refractivity contribution is 6.00. The number of nitro groups is 1. The second-order valence-corrected chi connectivity index (χ2v) is 4.43. The summed E-state index contributed by atoms with van der Waals surface area (Å²) in [6.45, 7) is 1.47. The molecule has 2 unspecified atom stereocenters. The summed E-state index contributed by atoms with van der Waals surface area (Å²) < 4.78 is 0. The maximum atomic E-state index is 12.3. The minimum Gasteiger partial charge on any atom is -0.293 e. The van der Waals surface area contributed by atoms with E-state index in [0.29, 0.717) is 5.56 Å². The van der Waals surface area contributed by atoms with Crippen molar-refractivity contribution >= 4 is 5.78 Å². The molecule has 0 heterocycles. The molecule has 0 radical (unpaired) electrons. The maximum absolute atomic E-state index is 12.3. The van der Waals surface area contributed by atoms with Crippen molar-refractivity contribution in [3.63, 3.8) is 0 Å². The minimum absolute atomic E-state index is 0.226. The smallest absolute Gasteiger partial charge is 0.251 e. The molecule has 1 aromatic rings. The van der Waals surface area contributed by atoms with Crippen LogP contribution in [0.4, 0.5) is 0 Å². The number of rotatable bonds is 3. The molecule has 0 aliphatic heterocycles. The molecule has 1 aliphatic rings. The average molecular weight is 275 g/mol. The zero-order valence-corrected chi connectivity index (χ0v) is 11.1. The molecule has 20 heavy (non-hydrogen) atoms. The van der Waals surface area contributed by atoms with Crippen LogP contribution in [0.2, 0.25) is 0 Å². The summed E-state index contributed by atoms with van der Waals surface area (Å²) in [7, 11) is 0. The van der Waals surface area contributed by atoms with Gasteiger partial charge in [0.05, 0.1) is 0 Å². The lowest BCUT2D eigenvalue weighted by Gasteiger charge is -2.26. The van der Waals surface area contributed by atoms with Crippen molar-refractivity contribution in [1.82, 2.24) is 0 Å². The molecule has 0 saturated heterocycles. The molecule has 1 aliphatic carbocycles. The molecule has 1 aromatic carbocycles. The van der Waals surface area contributed by atoms with Gasteiger partial charge in [-0.25, -0.2) is 0 Å². The first-order chi connectivity index (χ1) is 9.55. The molecule has 0 spiro atoms. The van der Waals surface area contributed by atoms with E-state index in [2.05, 4.69) is 11.7 Å². The van der Waals surface area contributed by atoms with E-state index in [1.165, 1.54) is 13.0 Å². The summed E-state index contributed by atoms with van der Waals surface area (Å²) in [4.78, 5) is 23.1. The van der Waals surface area contributed by atoms with Crippen molar-refractivity contribution in [3.05, 3.63) is 70.3 Å². The number of hydrazine groups is 1. The number of carbonyl (C=O) groups is 1. The Morgan fingerprint density at radius 2 is 1.85 bits per heavy atom. The summed E-state index contributed by atoms with van der Waals surface area (Å²) in [6, 6.07) is 8.65. The number of benzene rings is 1. The monoisotopic (exact) mass is 275 g/mol. The van der Waals surface area contributed by atoms with Crippen LogP contribution in [0.25, 0.3) is 0 Å². The first-order valence-corrected chi connectivity index (χ1v) is 5.99. The highest BCUT2D eigenvalue weighted by atomic mass is 16.6. The number of Topliss-reactive ketones (excluding diaryl/α,β-unsaturated/α-hetero) is 1. The van der Waals surface area contributed by atoms with E-state index >= 15 is 0 Å². The lowest BCUT2D eigenvalue weighted by Crippen LogP contribution is -2.44. The molecular weight excluding hydrogens is 258 g/mol. The highest BCUT2D eigenvalue weighted by Crippen LogP contribution is 2.30. The second kappa shape index (κ2) is 6.74. The molecule has 106 valence electrons. The van der Waals surface area contributed by atoms with Crippen LogP contribution in [-0.4, -0.2) is 16.2 Å². The van der Waals surface area contributed by atoms with Gasteiger partial charge in [0.2, 0.25) is 0 Å². The Hall–Kier alpha value is -2.31. The van der Waals surface area contributed by atoms with Crippen LogP contribution < -0.4 is 11.7 Å². The maximum Gasteiger partial charge on any atom is 0.251 e. The molecule has 6 nitrogen and oxygen atoms in total. The van der Waals surface area contributed by atoms with Crippen LogP contribution in [0.1, 0.15) is 17.3 Å². The third kappa shape index (κ3) is 2.98. The number of hydrogen-bond donors (Lipinski definition) is 2. The topological polar surface area (TPSA) is 112 Å². The molecular formula is C14H17N3O3. The zero-order chi connectivity index (χ0) is 15.2. The number of ketones is 1. The molecule has 2 rings (SSSR count). The molecule has 0 fully saturated rings. The summed E-state index contributed by atoms with van der Waals surface area (Å²) in [6.07, 6.45) is 6.35. The van der Waals surface area contributed by atoms with E-state index in [4.69, 9.17) is 0 Å². The largest absolute Gasteiger partial charge is 0.293 e. The molecule has 0 bridgehead atoms. The minimum atomic E-state index is -1.37. The summed E-state index contributed by atoms with van der Waals surface area (Å²) in [5.41, 5.74) is -0.877. The first-order valence-electron chi connectivity index (χ1n) is 5.99. The van der Waals surface area contributed by atoms with Crippen molar-refractivity contribution in [2.45, 2.75) is 12.5 Å². The van der Waals surface area contributed by atoms with Crippen molar-refractivity contribution in [2.75, 3.05) is 0 Å². The lowest BCUT2D eigenvalue weighted by molar-refractivity contribution is -0.555. The van der Waals surface area contributed by atoms with Crippen molar-refractivity contribution in [3.8, 4) is 0 Å². The number of hydrogen-bond acceptors (Lipinski definition) is 5. The summed E-state index contributed by atoms with van der Waals surface area (Å²) >= 11 is 0. The van der Waals surface area contributed by atoms with E-state index in [1.807, 2.05) is 0 Å². The van der Waals surface area contributed by atoms with Crippen LogP contribution >= 0.6 is 0 Å². The second-order valence-electron chi connectivity index (χ2n) is 4.43. The van der Waals surface area contributed by atoms with E-state index in [0.717, 1.165) is 0 Å². The number of allylic oxidation sites excluding steroid dienone is 2. The van der Waals surface area contributed by atoms with Crippen LogP contribution in [0.15, 0.2) is 54.6 Å². The Bertz CT molecular complexity index is 540. The van der Waals surface area contributed by atoms with Crippen molar-refractivity contribution in [2.24, 2.45) is 17.6 Å². The van der Waals surface area contributed by atoms with Gasteiger partial charge in [0.25, 0.3) is 5.54 Å². The summed E-state index contributed by atoms with van der Waals surface area (Å²) in [5, 5.41) is 11.2. The van der Waals surface area contributed by atoms with Gasteiger partial charge in [-0.1, -0.05) is 48.6 Å². The van der Waals surface area contributed by atoms with Gasteiger partial charge in [-0.2, -0.15) is 0 Å². The van der Waals surface area contributed by atoms with Crippen LogP contribution in [0, 0.1) is 16.0 Å². The van der Waals surface area contributed by atoms with Gasteiger partial charge in [0.1, 0.15) is 5.92 Å². The predicted octanol–water partition coefficient (Wildman–Crippen LogP) is 1.47. The predicted molar refractivity (Wildman–Crippen MR) is 76.3 cm³/mol. The molecule has 2 atom stereocenters. The van der Waals surface area contributed by atoms with Gasteiger partial charge in [0.15, 0.2) is 5.78 Å². The van der Waals surface area contributed by atoms with Gasteiger partial charge < -0.3 is 0 Å². The van der Waals surface area contributed by atoms with E-state index in [9.17, 15) is 14.9 Å². The normalized spacial score (nSPS) is 23.6. The number of nitrogens with zero attached hydrogens (tertiary/aromatic N) is 1. The molecule has 0 aromatic heterocycles. The molecule has 0 amide bonds. The van der Waals surface area contributed by atoms with Gasteiger partial charge in [0, 0.05) is 17.4 Å². The van der Waals surface area contributed by atoms with Gasteiger partial charge >= 0.3 is 0 Å². The third-order valence-electron chi connectivity index (χ3n) is 3.21. The Labute approximate surface area is 116 Å². The Kier molecular flexibility index (Phi) is 5.31. The summed E-state index contributed by atoms with van der Waals surface area (Å²) in [5.74, 6) is 7.01. The lowest BCUT2D eigenvalue weighted by atomic mass is 9.78. The van der Waals surface area contributed by atoms with E-state index in [1.54, 1.807) is 48.6 Å². The third-order valence-corrected chi connectivity index (χ3v) is 3.21. The van der Waals surface area contributed by atoms with Gasteiger partial charge in [-0.05, 0) is 6.08 Å². The van der Waals surface area contributed by atoms with Crippen LogP contribution in [0.3, 0.4) is 0 Å². The standard InChI is InChI=1S/C14H13NO3.H4N2/c1-14(15(17)18)10-6-5-9-12(14)13(16)11-7-3-2-4-8-11;1-2/h2-10,12H,1H3;1-2H2. The number of nitrogens with two attached hydrogens (primary N) is 2. The van der Waals surface area contributed by atoms with Gasteiger partial charge in [-0.3, -0.25) is 26.6 Å². The Morgan fingerprint density at radius 3 is 2.40 bits per heavy atom. The van der Waals surface area contributed by atoms with Crippen molar-refractivity contribution < 1.29 is 9.72 Å². The fourth-order valence-electron chi connectivity index (χ4n) is 2.03. The van der Waals surface area contributed by atoms with Crippen LogP contribution in [-0.2, 0) is 0 Å². The van der Waals surface area contributed by atoms with Crippen LogP contribution in [0.5, 0.6) is 0 Å². The van der Waals surface area contributed by atoms with Crippen molar-refractivity contribution in [1.29, 1.82) is 0 Å². The highest BCUT2D eigenvalue weighted by Gasteiger charge is 2.47. The number of carbonyl (C=O) groups excluding carboxylic acids is 1.